The smallest absolute Gasteiger partial charge is 0.262 e. The van der Waals surface area contributed by atoms with Crippen molar-refractivity contribution >= 4 is 5.91 Å². The van der Waals surface area contributed by atoms with Crippen LogP contribution in [0.2, 0.25) is 0 Å². The van der Waals surface area contributed by atoms with E-state index in [2.05, 4.69) is 0 Å². The Labute approximate surface area is 66.9 Å². The normalized spacial score (nSPS) is 13.3. The third kappa shape index (κ3) is 3.95. The van der Waals surface area contributed by atoms with Gasteiger partial charge in [0.1, 0.15) is 0 Å². The standard InChI is InChI=1S/C7H16N2O2/c1-5(2)4-6(8)7(10)9(3)11/h5-6,11H,4,8H2,1-3H3. The summed E-state index contributed by atoms with van der Waals surface area (Å²) in [6, 6.07) is -0.579. The van der Waals surface area contributed by atoms with Gasteiger partial charge in [0.25, 0.3) is 5.91 Å². The molecule has 0 fully saturated rings. The molecule has 0 bridgehead atoms. The Morgan fingerprint density at radius 3 is 2.36 bits per heavy atom. The first kappa shape index (κ1) is 10.4. The molecule has 4 heteroatoms. The number of amides is 1. The van der Waals surface area contributed by atoms with Crippen molar-refractivity contribution in [1.29, 1.82) is 0 Å². The molecule has 0 aliphatic carbocycles. The fraction of sp³-hybridized carbons (Fsp3) is 0.857. The van der Waals surface area contributed by atoms with Gasteiger partial charge in [0.05, 0.1) is 6.04 Å². The zero-order chi connectivity index (χ0) is 9.02. The first-order valence-electron chi connectivity index (χ1n) is 3.67. The van der Waals surface area contributed by atoms with E-state index in [0.29, 0.717) is 17.4 Å². The number of hydrogen-bond donors (Lipinski definition) is 2. The molecule has 0 spiro atoms. The van der Waals surface area contributed by atoms with E-state index in [0.717, 1.165) is 0 Å². The van der Waals surface area contributed by atoms with Gasteiger partial charge in [-0.15, -0.1) is 0 Å². The highest BCUT2D eigenvalue weighted by molar-refractivity contribution is 5.80. The van der Waals surface area contributed by atoms with Crippen molar-refractivity contribution in [3.8, 4) is 0 Å². The Kier molecular flexibility index (Phi) is 4.07. The number of nitrogens with zero attached hydrogens (tertiary/aromatic N) is 1. The fourth-order valence-electron chi connectivity index (χ4n) is 0.849. The lowest BCUT2D eigenvalue weighted by molar-refractivity contribution is -0.161. The Morgan fingerprint density at radius 2 is 2.09 bits per heavy atom. The van der Waals surface area contributed by atoms with E-state index in [1.54, 1.807) is 0 Å². The predicted octanol–water partition coefficient (Wildman–Crippen LogP) is 0.207. The van der Waals surface area contributed by atoms with Crippen molar-refractivity contribution in [2.45, 2.75) is 26.3 Å². The quantitative estimate of drug-likeness (QED) is 0.458. The molecule has 3 N–H and O–H groups in total. The lowest BCUT2D eigenvalue weighted by atomic mass is 10.0. The minimum absolute atomic E-state index is 0.369. The Hall–Kier alpha value is -0.610. The van der Waals surface area contributed by atoms with Gasteiger partial charge in [0, 0.05) is 7.05 Å². The molecule has 66 valence electrons. The minimum atomic E-state index is -0.579. The van der Waals surface area contributed by atoms with E-state index in [-0.39, 0.29) is 0 Å². The van der Waals surface area contributed by atoms with Crippen molar-refractivity contribution in [2.24, 2.45) is 11.7 Å². The molecule has 1 amide bonds. The average molecular weight is 160 g/mol. The zero-order valence-electron chi connectivity index (χ0n) is 7.24. The second-order valence-corrected chi connectivity index (χ2v) is 3.10. The molecule has 1 unspecified atom stereocenters. The van der Waals surface area contributed by atoms with Crippen molar-refractivity contribution < 1.29 is 10.0 Å². The second-order valence-electron chi connectivity index (χ2n) is 3.10. The van der Waals surface area contributed by atoms with Crippen LogP contribution in [0.3, 0.4) is 0 Å². The molecule has 0 aliphatic rings. The first-order chi connectivity index (χ1) is 4.95. The van der Waals surface area contributed by atoms with Gasteiger partial charge in [-0.3, -0.25) is 10.0 Å². The monoisotopic (exact) mass is 160 g/mol. The summed E-state index contributed by atoms with van der Waals surface area (Å²) >= 11 is 0. The molecular formula is C7H16N2O2. The number of carbonyl (C=O) groups is 1. The molecule has 0 aromatic heterocycles. The largest absolute Gasteiger partial charge is 0.320 e. The lowest BCUT2D eigenvalue weighted by Crippen LogP contribution is -2.40. The van der Waals surface area contributed by atoms with Gasteiger partial charge in [-0.25, -0.2) is 5.06 Å². The van der Waals surface area contributed by atoms with E-state index >= 15 is 0 Å². The van der Waals surface area contributed by atoms with Crippen LogP contribution in [-0.4, -0.2) is 29.3 Å². The number of likely N-dealkylation sites (N-methyl/N-ethyl adjacent to an activating group) is 1. The SMILES string of the molecule is CC(C)CC(N)C(=O)N(C)O. The van der Waals surface area contributed by atoms with E-state index in [1.807, 2.05) is 13.8 Å². The van der Waals surface area contributed by atoms with Gasteiger partial charge in [0.2, 0.25) is 0 Å². The second kappa shape index (κ2) is 4.31. The topological polar surface area (TPSA) is 66.6 Å². The van der Waals surface area contributed by atoms with Crippen LogP contribution in [0.1, 0.15) is 20.3 Å². The summed E-state index contributed by atoms with van der Waals surface area (Å²) in [6.45, 7) is 3.95. The number of nitrogens with two attached hydrogens (primary N) is 1. The summed E-state index contributed by atoms with van der Waals surface area (Å²) in [5.41, 5.74) is 5.47. The molecule has 0 rings (SSSR count). The maximum Gasteiger partial charge on any atom is 0.262 e. The molecule has 1 atom stereocenters. The maximum atomic E-state index is 10.9. The van der Waals surface area contributed by atoms with Crippen LogP contribution < -0.4 is 5.73 Å². The van der Waals surface area contributed by atoms with E-state index < -0.39 is 11.9 Å². The molecule has 11 heavy (non-hydrogen) atoms. The molecule has 0 radical (unpaired) electrons. The summed E-state index contributed by atoms with van der Waals surface area (Å²) in [7, 11) is 1.28. The number of rotatable bonds is 3. The lowest BCUT2D eigenvalue weighted by Gasteiger charge is -2.16. The third-order valence-corrected chi connectivity index (χ3v) is 1.36. The number of carbonyl (C=O) groups excluding carboxylic acids is 1. The van der Waals surface area contributed by atoms with Gasteiger partial charge in [-0.1, -0.05) is 13.8 Å². The molecule has 0 saturated carbocycles. The maximum absolute atomic E-state index is 10.9. The van der Waals surface area contributed by atoms with Gasteiger partial charge >= 0.3 is 0 Å². The van der Waals surface area contributed by atoms with Crippen molar-refractivity contribution in [1.82, 2.24) is 5.06 Å². The van der Waals surface area contributed by atoms with E-state index in [1.165, 1.54) is 7.05 Å². The average Bonchev–Trinajstić information content (AvgIpc) is 1.84. The highest BCUT2D eigenvalue weighted by Crippen LogP contribution is 2.03. The Bertz CT molecular complexity index is 134. The van der Waals surface area contributed by atoms with Crippen molar-refractivity contribution in [3.63, 3.8) is 0 Å². The summed E-state index contributed by atoms with van der Waals surface area (Å²) in [6.07, 6.45) is 0.601. The molecule has 4 nitrogen and oxygen atoms in total. The molecule has 0 saturated heterocycles. The molecule has 0 aromatic carbocycles. The van der Waals surface area contributed by atoms with Gasteiger partial charge in [0.15, 0.2) is 0 Å². The van der Waals surface area contributed by atoms with Crippen LogP contribution in [0.25, 0.3) is 0 Å². The Balaban J connectivity index is 3.83. The minimum Gasteiger partial charge on any atom is -0.320 e. The highest BCUT2D eigenvalue weighted by Gasteiger charge is 2.17. The van der Waals surface area contributed by atoms with Crippen molar-refractivity contribution in [2.75, 3.05) is 7.05 Å². The highest BCUT2D eigenvalue weighted by atomic mass is 16.5. The summed E-state index contributed by atoms with van der Waals surface area (Å²) in [5.74, 6) is -0.0624. The number of hydrogen-bond acceptors (Lipinski definition) is 3. The van der Waals surface area contributed by atoms with Crippen LogP contribution >= 0.6 is 0 Å². The number of hydroxylamine groups is 2. The molecule has 0 aromatic rings. The summed E-state index contributed by atoms with van der Waals surface area (Å²) < 4.78 is 0. The van der Waals surface area contributed by atoms with Crippen LogP contribution in [0.4, 0.5) is 0 Å². The predicted molar refractivity (Wildman–Crippen MR) is 42.0 cm³/mol. The molecule has 0 heterocycles. The van der Waals surface area contributed by atoms with Crippen LogP contribution in [-0.2, 0) is 4.79 Å². The van der Waals surface area contributed by atoms with Crippen LogP contribution in [0.5, 0.6) is 0 Å². The zero-order valence-corrected chi connectivity index (χ0v) is 7.24. The van der Waals surface area contributed by atoms with Crippen molar-refractivity contribution in [3.05, 3.63) is 0 Å². The third-order valence-electron chi connectivity index (χ3n) is 1.36. The van der Waals surface area contributed by atoms with Gasteiger partial charge in [-0.05, 0) is 12.3 Å². The fourth-order valence-corrected chi connectivity index (χ4v) is 0.849. The molecule has 0 aliphatic heterocycles. The van der Waals surface area contributed by atoms with E-state index in [4.69, 9.17) is 10.9 Å². The van der Waals surface area contributed by atoms with Gasteiger partial charge < -0.3 is 5.73 Å². The Morgan fingerprint density at radius 1 is 1.64 bits per heavy atom. The van der Waals surface area contributed by atoms with Gasteiger partial charge in [-0.2, -0.15) is 0 Å². The molecular weight excluding hydrogens is 144 g/mol. The van der Waals surface area contributed by atoms with E-state index in [9.17, 15) is 4.79 Å². The van der Waals surface area contributed by atoms with Crippen LogP contribution in [0, 0.1) is 5.92 Å². The van der Waals surface area contributed by atoms with Crippen LogP contribution in [0.15, 0.2) is 0 Å². The summed E-state index contributed by atoms with van der Waals surface area (Å²) in [5, 5.41) is 9.24. The summed E-state index contributed by atoms with van der Waals surface area (Å²) in [4.78, 5) is 10.9. The first-order valence-corrected chi connectivity index (χ1v) is 3.67.